The molecule has 0 radical (unpaired) electrons. The zero-order valence-electron chi connectivity index (χ0n) is 11.0. The van der Waals surface area contributed by atoms with Crippen molar-refractivity contribution in [3.05, 3.63) is 70.3 Å². The molecule has 0 heterocycles. The third-order valence-corrected chi connectivity index (χ3v) is 3.35. The van der Waals surface area contributed by atoms with Crippen LogP contribution in [0.1, 0.15) is 27.8 Å². The van der Waals surface area contributed by atoms with Gasteiger partial charge in [-0.3, -0.25) is 0 Å². The molecule has 17 heavy (non-hydrogen) atoms. The molecule has 0 heteroatoms. The first-order chi connectivity index (χ1) is 8.16. The van der Waals surface area contributed by atoms with Gasteiger partial charge < -0.3 is 0 Å². The Hall–Kier alpha value is -1.56. The summed E-state index contributed by atoms with van der Waals surface area (Å²) in [5.41, 5.74) is 7.16. The van der Waals surface area contributed by atoms with E-state index in [0.717, 1.165) is 12.8 Å². The molecule has 0 spiro atoms. The second-order valence-electron chi connectivity index (χ2n) is 4.86. The van der Waals surface area contributed by atoms with Crippen LogP contribution in [0.25, 0.3) is 0 Å². The summed E-state index contributed by atoms with van der Waals surface area (Å²) in [5, 5.41) is 0. The smallest absolute Gasteiger partial charge is 0.0233 e. The molecule has 0 N–H and O–H groups in total. The number of benzene rings is 2. The largest absolute Gasteiger partial charge is 0.0622 e. The molecule has 0 aromatic heterocycles. The van der Waals surface area contributed by atoms with Gasteiger partial charge in [-0.05, 0) is 55.9 Å². The van der Waals surface area contributed by atoms with Crippen LogP contribution in [0.5, 0.6) is 0 Å². The molecule has 0 bridgehead atoms. The lowest BCUT2D eigenvalue weighted by Crippen LogP contribution is -1.98. The van der Waals surface area contributed by atoms with Crippen molar-refractivity contribution in [3.63, 3.8) is 0 Å². The normalized spacial score (nSPS) is 10.5. The molecule has 0 saturated heterocycles. The van der Waals surface area contributed by atoms with E-state index in [9.17, 15) is 0 Å². The Labute approximate surface area is 104 Å². The maximum atomic E-state index is 2.29. The van der Waals surface area contributed by atoms with Crippen LogP contribution in [0, 0.1) is 20.8 Å². The van der Waals surface area contributed by atoms with Gasteiger partial charge >= 0.3 is 0 Å². The second-order valence-corrected chi connectivity index (χ2v) is 4.86. The van der Waals surface area contributed by atoms with Crippen molar-refractivity contribution in [1.82, 2.24) is 0 Å². The predicted molar refractivity (Wildman–Crippen MR) is 74.5 cm³/mol. The highest BCUT2D eigenvalue weighted by atomic mass is 14.1. The molecule has 0 fully saturated rings. The number of hydrogen-bond acceptors (Lipinski definition) is 0. The van der Waals surface area contributed by atoms with Gasteiger partial charge in [0.25, 0.3) is 0 Å². The molecule has 2 aromatic carbocycles. The minimum atomic E-state index is 1.13. The molecular weight excluding hydrogens is 204 g/mol. The molecule has 0 atom stereocenters. The van der Waals surface area contributed by atoms with Gasteiger partial charge in [0, 0.05) is 0 Å². The van der Waals surface area contributed by atoms with Gasteiger partial charge in [0.15, 0.2) is 0 Å². The van der Waals surface area contributed by atoms with E-state index in [1.165, 1.54) is 27.8 Å². The Balaban J connectivity index is 2.15. The van der Waals surface area contributed by atoms with Crippen molar-refractivity contribution in [2.24, 2.45) is 0 Å². The summed E-state index contributed by atoms with van der Waals surface area (Å²) >= 11 is 0. The first-order valence-corrected chi connectivity index (χ1v) is 6.27. The van der Waals surface area contributed by atoms with Crippen LogP contribution in [0.4, 0.5) is 0 Å². The van der Waals surface area contributed by atoms with E-state index >= 15 is 0 Å². The molecule has 0 aliphatic rings. The third-order valence-electron chi connectivity index (χ3n) is 3.35. The lowest BCUT2D eigenvalue weighted by Gasteiger charge is -2.11. The van der Waals surface area contributed by atoms with Crippen LogP contribution in [-0.2, 0) is 12.8 Å². The number of hydrogen-bond donors (Lipinski definition) is 0. The van der Waals surface area contributed by atoms with Gasteiger partial charge in [0.05, 0.1) is 0 Å². The fourth-order valence-corrected chi connectivity index (χ4v) is 2.52. The van der Waals surface area contributed by atoms with Gasteiger partial charge in [-0.1, -0.05) is 48.0 Å². The summed E-state index contributed by atoms with van der Waals surface area (Å²) in [7, 11) is 0. The molecule has 0 saturated carbocycles. The van der Waals surface area contributed by atoms with E-state index in [1.807, 2.05) is 0 Å². The van der Waals surface area contributed by atoms with Crippen molar-refractivity contribution in [1.29, 1.82) is 0 Å². The molecule has 0 aliphatic heterocycles. The topological polar surface area (TPSA) is 0 Å². The SMILES string of the molecule is Cc1cc(C)c(CCc2ccccc2)c(C)c1. The Morgan fingerprint density at radius 2 is 1.35 bits per heavy atom. The van der Waals surface area contributed by atoms with Crippen molar-refractivity contribution >= 4 is 0 Å². The Morgan fingerprint density at radius 3 is 1.94 bits per heavy atom. The predicted octanol–water partition coefficient (Wildman–Crippen LogP) is 4.40. The summed E-state index contributed by atoms with van der Waals surface area (Å²) in [6.45, 7) is 6.61. The first kappa shape index (κ1) is 11.9. The quantitative estimate of drug-likeness (QED) is 0.725. The van der Waals surface area contributed by atoms with Gasteiger partial charge in [-0.15, -0.1) is 0 Å². The average molecular weight is 224 g/mol. The van der Waals surface area contributed by atoms with Crippen molar-refractivity contribution in [3.8, 4) is 0 Å². The Morgan fingerprint density at radius 1 is 0.765 bits per heavy atom. The molecule has 0 nitrogen and oxygen atoms in total. The van der Waals surface area contributed by atoms with Crippen LogP contribution in [0.3, 0.4) is 0 Å². The van der Waals surface area contributed by atoms with Crippen LogP contribution in [0.15, 0.2) is 42.5 Å². The lowest BCUT2D eigenvalue weighted by molar-refractivity contribution is 0.936. The lowest BCUT2D eigenvalue weighted by atomic mass is 9.94. The summed E-state index contributed by atoms with van der Waals surface area (Å²) in [4.78, 5) is 0. The van der Waals surface area contributed by atoms with E-state index < -0.39 is 0 Å². The minimum absolute atomic E-state index is 1.13. The average Bonchev–Trinajstić information content (AvgIpc) is 2.29. The van der Waals surface area contributed by atoms with Crippen molar-refractivity contribution in [2.45, 2.75) is 33.6 Å². The number of rotatable bonds is 3. The fourth-order valence-electron chi connectivity index (χ4n) is 2.52. The minimum Gasteiger partial charge on any atom is -0.0622 e. The highest BCUT2D eigenvalue weighted by Gasteiger charge is 2.04. The first-order valence-electron chi connectivity index (χ1n) is 6.27. The highest BCUT2D eigenvalue weighted by Crippen LogP contribution is 2.18. The van der Waals surface area contributed by atoms with Crippen LogP contribution in [-0.4, -0.2) is 0 Å². The molecule has 88 valence electrons. The van der Waals surface area contributed by atoms with E-state index in [4.69, 9.17) is 0 Å². The van der Waals surface area contributed by atoms with Crippen molar-refractivity contribution in [2.75, 3.05) is 0 Å². The highest BCUT2D eigenvalue weighted by molar-refractivity contribution is 5.38. The van der Waals surface area contributed by atoms with Crippen molar-refractivity contribution < 1.29 is 0 Å². The molecule has 0 amide bonds. The molecule has 2 aromatic rings. The van der Waals surface area contributed by atoms with Crippen LogP contribution < -0.4 is 0 Å². The van der Waals surface area contributed by atoms with E-state index in [-0.39, 0.29) is 0 Å². The zero-order valence-corrected chi connectivity index (χ0v) is 11.0. The third kappa shape index (κ3) is 2.97. The van der Waals surface area contributed by atoms with Gasteiger partial charge in [0.2, 0.25) is 0 Å². The van der Waals surface area contributed by atoms with E-state index in [0.29, 0.717) is 0 Å². The van der Waals surface area contributed by atoms with Gasteiger partial charge in [-0.2, -0.15) is 0 Å². The number of aryl methyl sites for hydroxylation is 4. The molecular formula is C17H20. The molecule has 0 unspecified atom stereocenters. The Kier molecular flexibility index (Phi) is 3.63. The summed E-state index contributed by atoms with van der Waals surface area (Å²) in [6, 6.07) is 15.3. The molecule has 0 aliphatic carbocycles. The summed E-state index contributed by atoms with van der Waals surface area (Å²) in [6.07, 6.45) is 2.27. The van der Waals surface area contributed by atoms with E-state index in [2.05, 4.69) is 63.2 Å². The summed E-state index contributed by atoms with van der Waals surface area (Å²) in [5.74, 6) is 0. The maximum Gasteiger partial charge on any atom is -0.0233 e. The van der Waals surface area contributed by atoms with E-state index in [1.54, 1.807) is 0 Å². The fraction of sp³-hybridized carbons (Fsp3) is 0.294. The van der Waals surface area contributed by atoms with Gasteiger partial charge in [-0.25, -0.2) is 0 Å². The zero-order chi connectivity index (χ0) is 12.3. The van der Waals surface area contributed by atoms with Crippen LogP contribution >= 0.6 is 0 Å². The van der Waals surface area contributed by atoms with Gasteiger partial charge in [0.1, 0.15) is 0 Å². The maximum absolute atomic E-state index is 2.29. The van der Waals surface area contributed by atoms with Crippen LogP contribution in [0.2, 0.25) is 0 Å². The Bertz CT molecular complexity index is 472. The molecule has 2 rings (SSSR count). The standard InChI is InChI=1S/C17H20/c1-13-11-14(2)17(15(3)12-13)10-9-16-7-5-4-6-8-16/h4-8,11-12H,9-10H2,1-3H3. The second kappa shape index (κ2) is 5.18. The summed E-state index contributed by atoms with van der Waals surface area (Å²) < 4.78 is 0. The monoisotopic (exact) mass is 224 g/mol.